The van der Waals surface area contributed by atoms with Crippen molar-refractivity contribution >= 4 is 23.5 Å². The zero-order chi connectivity index (χ0) is 15.4. The predicted octanol–water partition coefficient (Wildman–Crippen LogP) is 1.89. The normalized spacial score (nSPS) is 21.9. The van der Waals surface area contributed by atoms with Gasteiger partial charge >= 0.3 is 0 Å². The van der Waals surface area contributed by atoms with E-state index in [-0.39, 0.29) is 11.6 Å². The number of rotatable bonds is 4. The van der Waals surface area contributed by atoms with Gasteiger partial charge in [0.25, 0.3) is 5.91 Å². The lowest BCUT2D eigenvalue weighted by Crippen LogP contribution is -2.33. The van der Waals surface area contributed by atoms with Gasteiger partial charge in [0, 0.05) is 32.2 Å². The molecule has 120 valence electrons. The van der Waals surface area contributed by atoms with E-state index in [1.165, 1.54) is 12.6 Å². The number of ether oxygens (including phenoxy) is 1. The highest BCUT2D eigenvalue weighted by molar-refractivity contribution is 6.33. The van der Waals surface area contributed by atoms with E-state index in [1.54, 1.807) is 0 Å². The molecule has 2 aliphatic rings. The first-order chi connectivity index (χ1) is 10.7. The molecule has 2 fully saturated rings. The molecule has 0 spiro atoms. The van der Waals surface area contributed by atoms with Crippen LogP contribution in [-0.2, 0) is 4.74 Å². The van der Waals surface area contributed by atoms with Gasteiger partial charge in [0.2, 0.25) is 5.95 Å². The molecule has 3 heterocycles. The van der Waals surface area contributed by atoms with Crippen LogP contribution in [0.25, 0.3) is 0 Å². The number of hydrogen-bond donors (Lipinski definition) is 1. The highest BCUT2D eigenvalue weighted by Gasteiger charge is 2.21. The van der Waals surface area contributed by atoms with Crippen molar-refractivity contribution in [2.24, 2.45) is 5.92 Å². The maximum Gasteiger partial charge on any atom is 0.271 e. The third-order valence-electron chi connectivity index (χ3n) is 4.16. The van der Waals surface area contributed by atoms with E-state index in [9.17, 15) is 4.79 Å². The largest absolute Gasteiger partial charge is 0.381 e. The summed E-state index contributed by atoms with van der Waals surface area (Å²) >= 11 is 6.10. The van der Waals surface area contributed by atoms with E-state index in [1.807, 2.05) is 0 Å². The Morgan fingerprint density at radius 1 is 1.41 bits per heavy atom. The van der Waals surface area contributed by atoms with Crippen LogP contribution in [-0.4, -0.2) is 48.7 Å². The van der Waals surface area contributed by atoms with Crippen molar-refractivity contribution in [1.82, 2.24) is 15.3 Å². The molecule has 1 aromatic rings. The zero-order valence-corrected chi connectivity index (χ0v) is 13.3. The number of nitrogens with one attached hydrogen (secondary N) is 1. The Balaban J connectivity index is 1.66. The van der Waals surface area contributed by atoms with E-state index in [0.29, 0.717) is 30.0 Å². The molecule has 3 rings (SSSR count). The fourth-order valence-corrected chi connectivity index (χ4v) is 3.01. The second kappa shape index (κ2) is 7.24. The van der Waals surface area contributed by atoms with Crippen LogP contribution in [0.5, 0.6) is 0 Å². The topological polar surface area (TPSA) is 67.3 Å². The molecule has 0 saturated carbocycles. The second-order valence-corrected chi connectivity index (χ2v) is 6.26. The first-order valence-electron chi connectivity index (χ1n) is 7.87. The Bertz CT molecular complexity index is 528. The Kier molecular flexibility index (Phi) is 5.10. The highest BCUT2D eigenvalue weighted by Crippen LogP contribution is 2.20. The monoisotopic (exact) mass is 324 g/mol. The van der Waals surface area contributed by atoms with Crippen molar-refractivity contribution in [1.29, 1.82) is 0 Å². The summed E-state index contributed by atoms with van der Waals surface area (Å²) in [6, 6.07) is 0. The molecule has 22 heavy (non-hydrogen) atoms. The number of halogens is 1. The average molecular weight is 325 g/mol. The summed E-state index contributed by atoms with van der Waals surface area (Å²) in [5, 5.41) is 3.19. The van der Waals surface area contributed by atoms with Gasteiger partial charge in [-0.2, -0.15) is 0 Å². The van der Waals surface area contributed by atoms with Crippen LogP contribution in [0.1, 0.15) is 36.2 Å². The fourth-order valence-electron chi connectivity index (χ4n) is 2.83. The lowest BCUT2D eigenvalue weighted by atomic mass is 10.1. The van der Waals surface area contributed by atoms with Crippen LogP contribution in [0.15, 0.2) is 6.20 Å². The number of piperidine rings is 1. The lowest BCUT2D eigenvalue weighted by molar-refractivity contribution is 0.0940. The summed E-state index contributed by atoms with van der Waals surface area (Å²) in [7, 11) is 0. The van der Waals surface area contributed by atoms with Crippen LogP contribution in [0, 0.1) is 5.92 Å². The number of carbonyl (C=O) groups is 1. The van der Waals surface area contributed by atoms with E-state index in [0.717, 1.165) is 39.0 Å². The summed E-state index contributed by atoms with van der Waals surface area (Å²) in [5.41, 5.74) is 0.260. The van der Waals surface area contributed by atoms with Gasteiger partial charge in [-0.3, -0.25) is 4.79 Å². The molecule has 1 atom stereocenters. The molecule has 0 unspecified atom stereocenters. The molecule has 2 saturated heterocycles. The smallest absolute Gasteiger partial charge is 0.271 e. The zero-order valence-electron chi connectivity index (χ0n) is 12.6. The van der Waals surface area contributed by atoms with Gasteiger partial charge in [-0.25, -0.2) is 9.97 Å². The molecule has 6 nitrogen and oxygen atoms in total. The number of hydrogen-bond acceptors (Lipinski definition) is 5. The van der Waals surface area contributed by atoms with Crippen LogP contribution >= 0.6 is 11.6 Å². The molecule has 0 aliphatic carbocycles. The summed E-state index contributed by atoms with van der Waals surface area (Å²) < 4.78 is 5.31. The molecular weight excluding hydrogens is 304 g/mol. The quantitative estimate of drug-likeness (QED) is 0.916. The maximum absolute atomic E-state index is 12.3. The van der Waals surface area contributed by atoms with Crippen molar-refractivity contribution in [3.05, 3.63) is 16.9 Å². The molecule has 2 aliphatic heterocycles. The molecule has 0 aromatic carbocycles. The molecule has 1 aromatic heterocycles. The predicted molar refractivity (Wildman–Crippen MR) is 84.4 cm³/mol. The summed E-state index contributed by atoms with van der Waals surface area (Å²) in [4.78, 5) is 23.1. The molecule has 1 amide bonds. The SMILES string of the molecule is O=C(NC[C@@H]1CCOC1)c1nc(N2CCCCC2)ncc1Cl. The van der Waals surface area contributed by atoms with Crippen molar-refractivity contribution in [2.75, 3.05) is 37.7 Å². The summed E-state index contributed by atoms with van der Waals surface area (Å²) in [6.07, 6.45) is 6.01. The first kappa shape index (κ1) is 15.5. The van der Waals surface area contributed by atoms with E-state index in [4.69, 9.17) is 16.3 Å². The number of nitrogens with zero attached hydrogens (tertiary/aromatic N) is 3. The molecule has 7 heteroatoms. The van der Waals surface area contributed by atoms with Gasteiger partial charge < -0.3 is 15.0 Å². The van der Waals surface area contributed by atoms with Gasteiger partial charge in [-0.05, 0) is 25.7 Å². The second-order valence-electron chi connectivity index (χ2n) is 5.85. The van der Waals surface area contributed by atoms with Crippen molar-refractivity contribution in [2.45, 2.75) is 25.7 Å². The first-order valence-corrected chi connectivity index (χ1v) is 8.25. The molecule has 0 bridgehead atoms. The van der Waals surface area contributed by atoms with Crippen LogP contribution in [0.2, 0.25) is 5.02 Å². The Morgan fingerprint density at radius 3 is 2.95 bits per heavy atom. The minimum Gasteiger partial charge on any atom is -0.381 e. The van der Waals surface area contributed by atoms with Crippen LogP contribution < -0.4 is 10.2 Å². The van der Waals surface area contributed by atoms with E-state index in [2.05, 4.69) is 20.2 Å². The number of anilines is 1. The van der Waals surface area contributed by atoms with Crippen molar-refractivity contribution in [3.8, 4) is 0 Å². The van der Waals surface area contributed by atoms with Crippen molar-refractivity contribution < 1.29 is 9.53 Å². The van der Waals surface area contributed by atoms with Crippen LogP contribution in [0.4, 0.5) is 5.95 Å². The standard InChI is InChI=1S/C15H21ClN4O2/c16-12-9-18-15(20-5-2-1-3-6-20)19-13(12)14(21)17-8-11-4-7-22-10-11/h9,11H,1-8,10H2,(H,17,21)/t11-/m0/s1. The Hall–Kier alpha value is -1.40. The maximum atomic E-state index is 12.3. The molecule has 0 radical (unpaired) electrons. The third kappa shape index (κ3) is 3.67. The highest BCUT2D eigenvalue weighted by atomic mass is 35.5. The summed E-state index contributed by atoms with van der Waals surface area (Å²) in [5.74, 6) is 0.738. The number of carbonyl (C=O) groups excluding carboxylic acids is 1. The minimum atomic E-state index is -0.238. The minimum absolute atomic E-state index is 0.238. The average Bonchev–Trinajstić information content (AvgIpc) is 3.07. The van der Waals surface area contributed by atoms with E-state index >= 15 is 0 Å². The van der Waals surface area contributed by atoms with Crippen molar-refractivity contribution in [3.63, 3.8) is 0 Å². The van der Waals surface area contributed by atoms with Gasteiger partial charge in [-0.1, -0.05) is 11.6 Å². The number of amides is 1. The fraction of sp³-hybridized carbons (Fsp3) is 0.667. The Labute approximate surface area is 135 Å². The molecule has 1 N–H and O–H groups in total. The van der Waals surface area contributed by atoms with Gasteiger partial charge in [0.05, 0.1) is 17.8 Å². The molecular formula is C15H21ClN4O2. The van der Waals surface area contributed by atoms with E-state index < -0.39 is 0 Å². The number of aromatic nitrogens is 2. The van der Waals surface area contributed by atoms with Gasteiger partial charge in [0.15, 0.2) is 5.69 Å². The van der Waals surface area contributed by atoms with Crippen LogP contribution in [0.3, 0.4) is 0 Å². The van der Waals surface area contributed by atoms with Gasteiger partial charge in [-0.15, -0.1) is 0 Å². The summed E-state index contributed by atoms with van der Waals surface area (Å²) in [6.45, 7) is 3.94. The third-order valence-corrected chi connectivity index (χ3v) is 4.44. The lowest BCUT2D eigenvalue weighted by Gasteiger charge is -2.26. The Morgan fingerprint density at radius 2 is 2.23 bits per heavy atom. The van der Waals surface area contributed by atoms with Gasteiger partial charge in [0.1, 0.15) is 0 Å².